The third-order valence-electron chi connectivity index (χ3n) is 3.41. The number of carbonyl (C=O) groups excluding carboxylic acids is 2. The van der Waals surface area contributed by atoms with Crippen LogP contribution in [0.5, 0.6) is 0 Å². The molecule has 1 aliphatic rings. The number of fused-ring (bicyclic) bond motifs is 1. The Hall–Kier alpha value is -2.72. The summed E-state index contributed by atoms with van der Waals surface area (Å²) < 4.78 is 9.84. The molecule has 1 aromatic carbocycles. The van der Waals surface area contributed by atoms with Gasteiger partial charge in [0.15, 0.2) is 5.57 Å². The Morgan fingerprint density at radius 2 is 2.00 bits per heavy atom. The lowest BCUT2D eigenvalue weighted by Gasteiger charge is -2.23. The van der Waals surface area contributed by atoms with Gasteiger partial charge in [0.1, 0.15) is 24.3 Å². The van der Waals surface area contributed by atoms with Crippen LogP contribution >= 0.6 is 11.8 Å². The van der Waals surface area contributed by atoms with Crippen LogP contribution in [0.25, 0.3) is 0 Å². The van der Waals surface area contributed by atoms with Gasteiger partial charge >= 0.3 is 11.9 Å². The molecular weight excluding hydrogens is 352 g/mol. The zero-order valence-corrected chi connectivity index (χ0v) is 15.5. The van der Waals surface area contributed by atoms with E-state index in [1.807, 2.05) is 35.2 Å². The number of anilines is 1. The van der Waals surface area contributed by atoms with E-state index < -0.39 is 11.9 Å². The first-order chi connectivity index (χ1) is 12.5. The van der Waals surface area contributed by atoms with E-state index in [1.54, 1.807) is 0 Å². The molecule has 26 heavy (non-hydrogen) atoms. The second-order valence-corrected chi connectivity index (χ2v) is 6.90. The Morgan fingerprint density at radius 3 is 2.65 bits per heavy atom. The van der Waals surface area contributed by atoms with Gasteiger partial charge in [0.05, 0.1) is 5.69 Å². The van der Waals surface area contributed by atoms with Crippen LogP contribution in [0.4, 0.5) is 5.69 Å². The van der Waals surface area contributed by atoms with E-state index in [0.29, 0.717) is 17.5 Å². The minimum Gasteiger partial charge on any atom is -0.459 e. The van der Waals surface area contributed by atoms with E-state index >= 15 is 0 Å². The quantitative estimate of drug-likeness (QED) is 0.314. The Morgan fingerprint density at radius 1 is 1.31 bits per heavy atom. The second kappa shape index (κ2) is 9.11. The summed E-state index contributed by atoms with van der Waals surface area (Å²) in [6, 6.07) is 9.72. The number of carbonyl (C=O) groups is 2. The summed E-state index contributed by atoms with van der Waals surface area (Å²) in [6.45, 7) is 7.88. The van der Waals surface area contributed by atoms with Gasteiger partial charge in [0.25, 0.3) is 0 Å². The summed E-state index contributed by atoms with van der Waals surface area (Å²) in [4.78, 5) is 26.3. The van der Waals surface area contributed by atoms with Crippen molar-refractivity contribution in [2.75, 3.05) is 24.7 Å². The molecule has 1 heterocycles. The van der Waals surface area contributed by atoms with Gasteiger partial charge in [-0.25, -0.2) is 9.59 Å². The van der Waals surface area contributed by atoms with E-state index in [9.17, 15) is 14.9 Å². The molecule has 0 N–H and O–H groups in total. The van der Waals surface area contributed by atoms with Crippen molar-refractivity contribution in [1.29, 1.82) is 5.26 Å². The summed E-state index contributed by atoms with van der Waals surface area (Å²) in [6.07, 6.45) is 1.03. The van der Waals surface area contributed by atoms with Crippen molar-refractivity contribution < 1.29 is 19.1 Å². The monoisotopic (exact) mass is 372 g/mol. The third-order valence-corrected chi connectivity index (χ3v) is 4.60. The molecule has 0 unspecified atom stereocenters. The standard InChI is InChI=1S/C19H20N2O4S/c1-4-17(22)24-9-10-25-19(23)14(11-20)18-21(12-13(2)3)15-7-5-6-8-16(15)26-18/h4-8,13H,1,9-10,12H2,2-3H3. The number of hydrogen-bond donors (Lipinski definition) is 0. The molecule has 0 saturated carbocycles. The molecule has 136 valence electrons. The van der Waals surface area contributed by atoms with Crippen LogP contribution < -0.4 is 4.90 Å². The third kappa shape index (κ3) is 4.67. The van der Waals surface area contributed by atoms with Crippen LogP contribution in [0.1, 0.15) is 13.8 Å². The average molecular weight is 372 g/mol. The number of nitriles is 1. The van der Waals surface area contributed by atoms with Crippen LogP contribution in [-0.4, -0.2) is 31.7 Å². The first kappa shape index (κ1) is 19.6. The van der Waals surface area contributed by atoms with Crippen molar-refractivity contribution in [3.8, 4) is 6.07 Å². The molecule has 0 amide bonds. The topological polar surface area (TPSA) is 79.6 Å². The number of esters is 2. The fourth-order valence-corrected chi connectivity index (χ4v) is 3.51. The van der Waals surface area contributed by atoms with E-state index in [0.717, 1.165) is 16.7 Å². The largest absolute Gasteiger partial charge is 0.459 e. The van der Waals surface area contributed by atoms with E-state index in [4.69, 9.17) is 9.47 Å². The zero-order valence-electron chi connectivity index (χ0n) is 14.7. The number of nitrogens with zero attached hydrogens (tertiary/aromatic N) is 2. The van der Waals surface area contributed by atoms with Gasteiger partial charge in [-0.2, -0.15) is 5.26 Å². The fourth-order valence-electron chi connectivity index (χ4n) is 2.36. The van der Waals surface area contributed by atoms with Gasteiger partial charge in [-0.15, -0.1) is 0 Å². The average Bonchev–Trinajstić information content (AvgIpc) is 2.97. The van der Waals surface area contributed by atoms with Gasteiger partial charge in [-0.05, 0) is 18.1 Å². The minimum atomic E-state index is -0.730. The first-order valence-electron chi connectivity index (χ1n) is 8.13. The number of ether oxygens (including phenoxy) is 2. The van der Waals surface area contributed by atoms with Gasteiger partial charge in [0.2, 0.25) is 0 Å². The molecule has 0 bridgehead atoms. The maximum absolute atomic E-state index is 12.4. The SMILES string of the molecule is C=CC(=O)OCCOC(=O)C(C#N)=C1Sc2ccccc2N1CC(C)C. The predicted octanol–water partition coefficient (Wildman–Crippen LogP) is 3.26. The molecule has 0 fully saturated rings. The smallest absolute Gasteiger partial charge is 0.351 e. The molecule has 0 spiro atoms. The van der Waals surface area contributed by atoms with E-state index in [-0.39, 0.29) is 18.8 Å². The number of para-hydroxylation sites is 1. The Balaban J connectivity index is 2.18. The number of rotatable bonds is 7. The number of hydrogen-bond acceptors (Lipinski definition) is 7. The first-order valence-corrected chi connectivity index (χ1v) is 8.94. The van der Waals surface area contributed by atoms with Crippen molar-refractivity contribution in [3.63, 3.8) is 0 Å². The molecule has 0 aliphatic carbocycles. The van der Waals surface area contributed by atoms with Gasteiger partial charge < -0.3 is 14.4 Å². The number of benzene rings is 1. The molecule has 1 aromatic rings. The van der Waals surface area contributed by atoms with Crippen molar-refractivity contribution in [2.24, 2.45) is 5.92 Å². The molecule has 0 saturated heterocycles. The molecule has 1 aliphatic heterocycles. The fraction of sp³-hybridized carbons (Fsp3) is 0.316. The number of thioether (sulfide) groups is 1. The molecule has 2 rings (SSSR count). The highest BCUT2D eigenvalue weighted by Crippen LogP contribution is 2.47. The molecule has 0 radical (unpaired) electrons. The van der Waals surface area contributed by atoms with Gasteiger partial charge in [-0.1, -0.05) is 44.3 Å². The normalized spacial score (nSPS) is 14.5. The van der Waals surface area contributed by atoms with Crippen molar-refractivity contribution in [1.82, 2.24) is 0 Å². The summed E-state index contributed by atoms with van der Waals surface area (Å²) in [5.41, 5.74) is 0.920. The lowest BCUT2D eigenvalue weighted by Crippen LogP contribution is -2.26. The van der Waals surface area contributed by atoms with E-state index in [2.05, 4.69) is 20.4 Å². The van der Waals surface area contributed by atoms with Crippen LogP contribution in [-0.2, 0) is 19.1 Å². The lowest BCUT2D eigenvalue weighted by atomic mass is 10.2. The van der Waals surface area contributed by atoms with E-state index in [1.165, 1.54) is 11.8 Å². The lowest BCUT2D eigenvalue weighted by molar-refractivity contribution is -0.146. The summed E-state index contributed by atoms with van der Waals surface area (Å²) in [7, 11) is 0. The highest BCUT2D eigenvalue weighted by molar-refractivity contribution is 8.03. The van der Waals surface area contributed by atoms with Crippen molar-refractivity contribution in [3.05, 3.63) is 47.5 Å². The minimum absolute atomic E-state index is 0.0538. The maximum atomic E-state index is 12.4. The van der Waals surface area contributed by atoms with Crippen LogP contribution in [0.3, 0.4) is 0 Å². The molecule has 0 atom stereocenters. The summed E-state index contributed by atoms with van der Waals surface area (Å²) >= 11 is 1.38. The highest BCUT2D eigenvalue weighted by atomic mass is 32.2. The van der Waals surface area contributed by atoms with Gasteiger partial charge in [0, 0.05) is 17.5 Å². The van der Waals surface area contributed by atoms with Crippen molar-refractivity contribution >= 4 is 29.4 Å². The zero-order chi connectivity index (χ0) is 19.1. The predicted molar refractivity (Wildman–Crippen MR) is 99.2 cm³/mol. The molecule has 7 heteroatoms. The van der Waals surface area contributed by atoms with Crippen LogP contribution in [0.2, 0.25) is 0 Å². The highest BCUT2D eigenvalue weighted by Gasteiger charge is 2.31. The van der Waals surface area contributed by atoms with Crippen molar-refractivity contribution in [2.45, 2.75) is 18.7 Å². The molecular formula is C19H20N2O4S. The molecule has 6 nitrogen and oxygen atoms in total. The molecule has 0 aromatic heterocycles. The Labute approximate surface area is 157 Å². The van der Waals surface area contributed by atoms with Crippen LogP contribution in [0.15, 0.2) is 52.4 Å². The second-order valence-electron chi connectivity index (χ2n) is 5.87. The Kier molecular flexibility index (Phi) is 6.87. The van der Waals surface area contributed by atoms with Crippen LogP contribution in [0, 0.1) is 17.2 Å². The summed E-state index contributed by atoms with van der Waals surface area (Å²) in [5.74, 6) is -0.984. The summed E-state index contributed by atoms with van der Waals surface area (Å²) in [5, 5.41) is 10.1. The maximum Gasteiger partial charge on any atom is 0.351 e. The van der Waals surface area contributed by atoms with Gasteiger partial charge in [-0.3, -0.25) is 0 Å². The Bertz CT molecular complexity index is 780.